The largest absolute Gasteiger partial charge is 0.488 e. The number of nitrogens with zero attached hydrogens (tertiary/aromatic N) is 1. The van der Waals surface area contributed by atoms with Gasteiger partial charge in [0.15, 0.2) is 0 Å². The lowest BCUT2D eigenvalue weighted by molar-refractivity contribution is -0.870. The fourth-order valence-corrected chi connectivity index (χ4v) is 1.41. The number of ether oxygens (including phenoxy) is 1. The van der Waals surface area contributed by atoms with Gasteiger partial charge in [0.2, 0.25) is 0 Å². The molecule has 1 unspecified atom stereocenters. The maximum atomic E-state index is 9.23. The summed E-state index contributed by atoms with van der Waals surface area (Å²) in [6.45, 7) is 1.72. The smallest absolute Gasteiger partial charge is 0.137 e. The molecule has 0 radical (unpaired) electrons. The zero-order valence-electron chi connectivity index (χ0n) is 12.0. The van der Waals surface area contributed by atoms with E-state index in [0.29, 0.717) is 13.2 Å². The molecule has 1 aromatic rings. The van der Waals surface area contributed by atoms with Crippen LogP contribution in [0.25, 0.3) is 0 Å². The van der Waals surface area contributed by atoms with Crippen LogP contribution in [0.15, 0.2) is 24.3 Å². The van der Waals surface area contributed by atoms with Crippen LogP contribution in [0.4, 0.5) is 5.69 Å². The van der Waals surface area contributed by atoms with Gasteiger partial charge >= 0.3 is 0 Å². The Kier molecular flexibility index (Phi) is 6.08. The second-order valence-electron chi connectivity index (χ2n) is 5.60. The standard InChI is InChI=1S/C14H25N2O3/c1-16(2,3)8-9-19-14-6-4-12(5-7-14)15-10-13(18)11-17/h4-7,13,15,17-18H,8-11H2,1-3H3/q+1. The number of anilines is 1. The molecule has 0 heterocycles. The Morgan fingerprint density at radius 1 is 1.21 bits per heavy atom. The molecule has 0 spiro atoms. The molecule has 1 atom stereocenters. The van der Waals surface area contributed by atoms with E-state index < -0.39 is 6.10 Å². The van der Waals surface area contributed by atoms with Crippen LogP contribution in [0.2, 0.25) is 0 Å². The van der Waals surface area contributed by atoms with Crippen LogP contribution < -0.4 is 10.1 Å². The fraction of sp³-hybridized carbons (Fsp3) is 0.571. The second-order valence-corrected chi connectivity index (χ2v) is 5.60. The zero-order chi connectivity index (χ0) is 14.3. The molecule has 1 aromatic carbocycles. The average molecular weight is 269 g/mol. The highest BCUT2D eigenvalue weighted by molar-refractivity contribution is 5.46. The molecule has 5 nitrogen and oxygen atoms in total. The van der Waals surface area contributed by atoms with Crippen LogP contribution in [-0.4, -0.2) is 68.2 Å². The molecule has 0 aliphatic carbocycles. The number of aliphatic hydroxyl groups excluding tert-OH is 2. The number of aliphatic hydroxyl groups is 2. The maximum absolute atomic E-state index is 9.23. The molecule has 0 saturated heterocycles. The predicted octanol–water partition coefficient (Wildman–Crippen LogP) is 0.537. The monoisotopic (exact) mass is 269 g/mol. The van der Waals surface area contributed by atoms with Gasteiger partial charge in [-0.05, 0) is 24.3 Å². The minimum Gasteiger partial charge on any atom is -0.488 e. The van der Waals surface area contributed by atoms with Crippen LogP contribution in [-0.2, 0) is 0 Å². The molecule has 0 aliphatic rings. The second kappa shape index (κ2) is 7.33. The maximum Gasteiger partial charge on any atom is 0.137 e. The van der Waals surface area contributed by atoms with E-state index in [9.17, 15) is 5.11 Å². The quantitative estimate of drug-likeness (QED) is 0.603. The number of quaternary nitrogens is 1. The van der Waals surface area contributed by atoms with E-state index in [0.717, 1.165) is 22.5 Å². The topological polar surface area (TPSA) is 61.7 Å². The lowest BCUT2D eigenvalue weighted by atomic mass is 10.3. The normalized spacial score (nSPS) is 13.1. The Labute approximate surface area is 115 Å². The lowest BCUT2D eigenvalue weighted by Crippen LogP contribution is -2.38. The number of nitrogens with one attached hydrogen (secondary N) is 1. The van der Waals surface area contributed by atoms with Crippen molar-refractivity contribution < 1.29 is 19.4 Å². The zero-order valence-corrected chi connectivity index (χ0v) is 12.0. The Morgan fingerprint density at radius 2 is 1.84 bits per heavy atom. The van der Waals surface area contributed by atoms with Crippen molar-refractivity contribution in [3.63, 3.8) is 0 Å². The molecule has 5 heteroatoms. The van der Waals surface area contributed by atoms with Gasteiger partial charge in [0.25, 0.3) is 0 Å². The van der Waals surface area contributed by atoms with Crippen molar-refractivity contribution in [1.82, 2.24) is 0 Å². The van der Waals surface area contributed by atoms with Gasteiger partial charge in [-0.25, -0.2) is 0 Å². The van der Waals surface area contributed by atoms with E-state index in [1.165, 1.54) is 0 Å². The first kappa shape index (κ1) is 15.8. The molecule has 0 aromatic heterocycles. The Morgan fingerprint density at radius 3 is 2.37 bits per heavy atom. The molecule has 19 heavy (non-hydrogen) atoms. The van der Waals surface area contributed by atoms with Crippen LogP contribution in [0.3, 0.4) is 0 Å². The van der Waals surface area contributed by atoms with Crippen LogP contribution in [0, 0.1) is 0 Å². The molecule has 3 N–H and O–H groups in total. The van der Waals surface area contributed by atoms with E-state index in [4.69, 9.17) is 9.84 Å². The first-order valence-corrected chi connectivity index (χ1v) is 6.47. The third kappa shape index (κ3) is 7.00. The van der Waals surface area contributed by atoms with Crippen LogP contribution in [0.5, 0.6) is 5.75 Å². The minimum atomic E-state index is -0.736. The highest BCUT2D eigenvalue weighted by Crippen LogP contribution is 2.15. The Balaban J connectivity index is 2.35. The van der Waals surface area contributed by atoms with Gasteiger partial charge in [0, 0.05) is 12.2 Å². The molecule has 108 valence electrons. The van der Waals surface area contributed by atoms with Crippen molar-refractivity contribution in [3.8, 4) is 5.75 Å². The molecule has 0 amide bonds. The average Bonchev–Trinajstić information content (AvgIpc) is 2.36. The van der Waals surface area contributed by atoms with E-state index >= 15 is 0 Å². The number of hydrogen-bond donors (Lipinski definition) is 3. The van der Waals surface area contributed by atoms with Crippen LogP contribution in [0.1, 0.15) is 0 Å². The van der Waals surface area contributed by atoms with E-state index in [2.05, 4.69) is 26.5 Å². The molecule has 0 fully saturated rings. The van der Waals surface area contributed by atoms with Crippen molar-refractivity contribution in [1.29, 1.82) is 0 Å². The number of likely N-dealkylation sites (N-methyl/N-ethyl adjacent to an activating group) is 1. The lowest BCUT2D eigenvalue weighted by Gasteiger charge is -2.23. The van der Waals surface area contributed by atoms with Gasteiger partial charge < -0.3 is 24.7 Å². The first-order valence-electron chi connectivity index (χ1n) is 6.47. The fourth-order valence-electron chi connectivity index (χ4n) is 1.41. The highest BCUT2D eigenvalue weighted by Gasteiger charge is 2.06. The predicted molar refractivity (Wildman–Crippen MR) is 76.4 cm³/mol. The first-order chi connectivity index (χ1) is 8.90. The number of benzene rings is 1. The van der Waals surface area contributed by atoms with Gasteiger partial charge in [-0.15, -0.1) is 0 Å². The van der Waals surface area contributed by atoms with E-state index in [-0.39, 0.29) is 6.61 Å². The summed E-state index contributed by atoms with van der Waals surface area (Å²) in [6.07, 6.45) is -0.736. The van der Waals surface area contributed by atoms with Gasteiger partial charge in [-0.3, -0.25) is 0 Å². The third-order valence-corrected chi connectivity index (χ3v) is 2.64. The molecule has 0 aliphatic heterocycles. The summed E-state index contributed by atoms with van der Waals surface area (Å²) in [4.78, 5) is 0. The molecular weight excluding hydrogens is 244 g/mol. The van der Waals surface area contributed by atoms with Gasteiger partial charge in [0.1, 0.15) is 18.9 Å². The number of hydrogen-bond acceptors (Lipinski definition) is 4. The Bertz CT molecular complexity index is 360. The highest BCUT2D eigenvalue weighted by atomic mass is 16.5. The van der Waals surface area contributed by atoms with Crippen molar-refractivity contribution >= 4 is 5.69 Å². The van der Waals surface area contributed by atoms with Gasteiger partial charge in [-0.1, -0.05) is 0 Å². The molecule has 1 rings (SSSR count). The summed E-state index contributed by atoms with van der Waals surface area (Å²) >= 11 is 0. The van der Waals surface area contributed by atoms with Crippen molar-refractivity contribution in [2.45, 2.75) is 6.10 Å². The molecular formula is C14H25N2O3+. The summed E-state index contributed by atoms with van der Waals surface area (Å²) in [5.74, 6) is 0.835. The number of rotatable bonds is 8. The van der Waals surface area contributed by atoms with Gasteiger partial charge in [-0.2, -0.15) is 0 Å². The van der Waals surface area contributed by atoms with Crippen molar-refractivity contribution in [3.05, 3.63) is 24.3 Å². The summed E-state index contributed by atoms with van der Waals surface area (Å²) in [7, 11) is 6.38. The molecule has 0 bridgehead atoms. The summed E-state index contributed by atoms with van der Waals surface area (Å²) in [5, 5.41) is 21.0. The third-order valence-electron chi connectivity index (χ3n) is 2.64. The Hall–Kier alpha value is -1.30. The minimum absolute atomic E-state index is 0.237. The van der Waals surface area contributed by atoms with Crippen molar-refractivity contribution in [2.24, 2.45) is 0 Å². The van der Waals surface area contributed by atoms with E-state index in [1.807, 2.05) is 24.3 Å². The molecule has 0 saturated carbocycles. The van der Waals surface area contributed by atoms with E-state index in [1.54, 1.807) is 0 Å². The SMILES string of the molecule is C[N+](C)(C)CCOc1ccc(NCC(O)CO)cc1. The van der Waals surface area contributed by atoms with Gasteiger partial charge in [0.05, 0.1) is 33.9 Å². The summed E-state index contributed by atoms with van der Waals surface area (Å²) in [6, 6.07) is 7.57. The summed E-state index contributed by atoms with van der Waals surface area (Å²) < 4.78 is 6.52. The summed E-state index contributed by atoms with van der Waals surface area (Å²) in [5.41, 5.74) is 0.895. The van der Waals surface area contributed by atoms with Crippen molar-refractivity contribution in [2.75, 3.05) is 52.8 Å². The van der Waals surface area contributed by atoms with Crippen LogP contribution >= 0.6 is 0 Å².